The summed E-state index contributed by atoms with van der Waals surface area (Å²) in [6.45, 7) is 3.55. The molecule has 0 unspecified atom stereocenters. The number of thiazole rings is 1. The van der Waals surface area contributed by atoms with Gasteiger partial charge in [0.1, 0.15) is 12.2 Å². The normalized spacial score (nSPS) is 10.4. The van der Waals surface area contributed by atoms with Crippen LogP contribution in [0.1, 0.15) is 10.4 Å². The zero-order valence-corrected chi connectivity index (χ0v) is 11.0. The number of ether oxygens (including phenoxy) is 1. The molecule has 0 spiro atoms. The number of fused-ring (bicyclic) bond motifs is 1. The van der Waals surface area contributed by atoms with Crippen LogP contribution in [0.2, 0.25) is 0 Å². The summed E-state index contributed by atoms with van der Waals surface area (Å²) in [5.74, 6) is -0.705. The third-order valence-electron chi connectivity index (χ3n) is 1.92. The number of carbonyl (C=O) groups is 1. The van der Waals surface area contributed by atoms with Crippen molar-refractivity contribution in [3.8, 4) is 0 Å². The Morgan fingerprint density at radius 3 is 3.12 bits per heavy atom. The third kappa shape index (κ3) is 2.45. The second-order valence-electron chi connectivity index (χ2n) is 3.13. The van der Waals surface area contributed by atoms with Crippen LogP contribution < -0.4 is 5.56 Å². The van der Waals surface area contributed by atoms with E-state index in [1.54, 1.807) is 11.6 Å². The lowest BCUT2D eigenvalue weighted by molar-refractivity contribution is 0.0544. The Morgan fingerprint density at radius 2 is 2.41 bits per heavy atom. The van der Waals surface area contributed by atoms with Crippen molar-refractivity contribution in [1.82, 2.24) is 9.38 Å². The minimum atomic E-state index is -0.705. The molecule has 2 heterocycles. The molecule has 0 bridgehead atoms. The predicted molar refractivity (Wildman–Crippen MR) is 67.7 cm³/mol. The Balaban J connectivity index is 2.35. The molecule has 0 aliphatic heterocycles. The number of carbonyl (C=O) groups excluding carboxylic acids is 1. The van der Waals surface area contributed by atoms with E-state index >= 15 is 0 Å². The Hall–Kier alpha value is -1.47. The van der Waals surface area contributed by atoms with Crippen molar-refractivity contribution in [3.63, 3.8) is 0 Å². The topological polar surface area (TPSA) is 60.7 Å². The molecule has 17 heavy (non-hydrogen) atoms. The maximum absolute atomic E-state index is 11.9. The molecule has 2 rings (SSSR count). The van der Waals surface area contributed by atoms with Crippen molar-refractivity contribution < 1.29 is 9.53 Å². The van der Waals surface area contributed by atoms with E-state index < -0.39 is 11.5 Å². The number of hydrogen-bond donors (Lipinski definition) is 0. The first kappa shape index (κ1) is 12.0. The van der Waals surface area contributed by atoms with Gasteiger partial charge in [-0.15, -0.1) is 11.3 Å². The fourth-order valence-corrected chi connectivity index (χ4v) is 1.98. The summed E-state index contributed by atoms with van der Waals surface area (Å²) in [4.78, 5) is 28.0. The molecule has 0 saturated carbocycles. The quantitative estimate of drug-likeness (QED) is 0.811. The van der Waals surface area contributed by atoms with Crippen LogP contribution in [0.3, 0.4) is 0 Å². The van der Waals surface area contributed by atoms with Crippen molar-refractivity contribution in [2.75, 3.05) is 6.61 Å². The van der Waals surface area contributed by atoms with E-state index in [9.17, 15) is 9.59 Å². The second kappa shape index (κ2) is 4.80. The maximum atomic E-state index is 11.9. The molecule has 0 aliphatic carbocycles. The van der Waals surface area contributed by atoms with Crippen molar-refractivity contribution in [2.45, 2.75) is 0 Å². The minimum Gasteiger partial charge on any atom is -0.457 e. The van der Waals surface area contributed by atoms with E-state index in [2.05, 4.69) is 27.5 Å². The van der Waals surface area contributed by atoms with Crippen LogP contribution in [0.5, 0.6) is 0 Å². The van der Waals surface area contributed by atoms with E-state index in [4.69, 9.17) is 4.74 Å². The number of esters is 1. The van der Waals surface area contributed by atoms with Crippen LogP contribution >= 0.6 is 27.3 Å². The molecule has 2 aromatic heterocycles. The summed E-state index contributed by atoms with van der Waals surface area (Å²) in [5, 5.41) is 1.72. The van der Waals surface area contributed by atoms with Gasteiger partial charge in [-0.25, -0.2) is 9.78 Å². The summed E-state index contributed by atoms with van der Waals surface area (Å²) < 4.78 is 6.69. The van der Waals surface area contributed by atoms with Gasteiger partial charge in [0.25, 0.3) is 5.56 Å². The number of rotatable bonds is 3. The number of hydrogen-bond acceptors (Lipinski definition) is 5. The Labute approximate surface area is 108 Å². The van der Waals surface area contributed by atoms with Crippen LogP contribution in [0.4, 0.5) is 0 Å². The van der Waals surface area contributed by atoms with Gasteiger partial charge in [-0.05, 0) is 0 Å². The first-order chi connectivity index (χ1) is 8.09. The van der Waals surface area contributed by atoms with Crippen molar-refractivity contribution in [2.24, 2.45) is 0 Å². The SMILES string of the molecule is C=C(Br)COC(=O)c1cnc2sccn2c1=O. The van der Waals surface area contributed by atoms with Crippen molar-refractivity contribution in [1.29, 1.82) is 0 Å². The number of aromatic nitrogens is 2. The standard InChI is InChI=1S/C10H7BrN2O3S/c1-6(11)5-16-9(15)7-4-12-10-13(8(7)14)2-3-17-10/h2-4H,1,5H2. The molecule has 0 fully saturated rings. The highest BCUT2D eigenvalue weighted by atomic mass is 79.9. The molecule has 0 N–H and O–H groups in total. The lowest BCUT2D eigenvalue weighted by Gasteiger charge is -2.02. The first-order valence-electron chi connectivity index (χ1n) is 4.55. The summed E-state index contributed by atoms with van der Waals surface area (Å²) in [6.07, 6.45) is 2.79. The minimum absolute atomic E-state index is 0.0185. The molecular formula is C10H7BrN2O3S. The summed E-state index contributed by atoms with van der Waals surface area (Å²) in [7, 11) is 0. The van der Waals surface area contributed by atoms with Crippen LogP contribution in [0.15, 0.2) is 33.6 Å². The molecule has 5 nitrogen and oxygen atoms in total. The Kier molecular flexibility index (Phi) is 3.39. The monoisotopic (exact) mass is 314 g/mol. The molecule has 0 aliphatic rings. The molecule has 0 aromatic carbocycles. The van der Waals surface area contributed by atoms with Crippen molar-refractivity contribution >= 4 is 38.2 Å². The van der Waals surface area contributed by atoms with Gasteiger partial charge >= 0.3 is 5.97 Å². The van der Waals surface area contributed by atoms with Gasteiger partial charge in [-0.2, -0.15) is 0 Å². The van der Waals surface area contributed by atoms with E-state index in [1.807, 2.05) is 0 Å². The van der Waals surface area contributed by atoms with Gasteiger partial charge in [-0.1, -0.05) is 22.5 Å². The molecule has 0 atom stereocenters. The fourth-order valence-electron chi connectivity index (χ4n) is 1.19. The number of halogens is 1. The summed E-state index contributed by atoms with van der Waals surface area (Å²) in [6, 6.07) is 0. The number of nitrogens with zero attached hydrogens (tertiary/aromatic N) is 2. The van der Waals surface area contributed by atoms with Gasteiger partial charge in [-0.3, -0.25) is 9.20 Å². The van der Waals surface area contributed by atoms with Gasteiger partial charge in [0, 0.05) is 16.1 Å². The van der Waals surface area contributed by atoms with E-state index in [0.29, 0.717) is 9.44 Å². The molecule has 7 heteroatoms. The van der Waals surface area contributed by atoms with Gasteiger partial charge < -0.3 is 4.74 Å². The Morgan fingerprint density at radius 1 is 1.65 bits per heavy atom. The molecule has 2 aromatic rings. The van der Waals surface area contributed by atoms with Crippen LogP contribution in [0.25, 0.3) is 4.96 Å². The predicted octanol–water partition coefficient (Wildman–Crippen LogP) is 1.82. The van der Waals surface area contributed by atoms with E-state index in [-0.39, 0.29) is 12.2 Å². The van der Waals surface area contributed by atoms with Gasteiger partial charge in [0.05, 0.1) is 6.20 Å². The Bertz CT molecular complexity index is 646. The molecule has 0 saturated heterocycles. The van der Waals surface area contributed by atoms with Crippen molar-refractivity contribution in [3.05, 3.63) is 44.8 Å². The van der Waals surface area contributed by atoms with E-state index in [0.717, 1.165) is 0 Å². The van der Waals surface area contributed by atoms with E-state index in [1.165, 1.54) is 21.9 Å². The lowest BCUT2D eigenvalue weighted by atomic mass is 10.3. The zero-order chi connectivity index (χ0) is 12.4. The lowest BCUT2D eigenvalue weighted by Crippen LogP contribution is -2.23. The van der Waals surface area contributed by atoms with Crippen LogP contribution in [-0.4, -0.2) is 22.0 Å². The highest BCUT2D eigenvalue weighted by Crippen LogP contribution is 2.07. The third-order valence-corrected chi connectivity index (χ3v) is 2.92. The molecule has 0 radical (unpaired) electrons. The highest BCUT2D eigenvalue weighted by molar-refractivity contribution is 9.11. The van der Waals surface area contributed by atoms with Crippen LogP contribution in [0, 0.1) is 0 Å². The second-order valence-corrected chi connectivity index (χ2v) is 5.12. The highest BCUT2D eigenvalue weighted by Gasteiger charge is 2.15. The zero-order valence-electron chi connectivity index (χ0n) is 8.55. The average molecular weight is 315 g/mol. The summed E-state index contributed by atoms with van der Waals surface area (Å²) in [5.41, 5.74) is -0.518. The first-order valence-corrected chi connectivity index (χ1v) is 6.22. The molecular weight excluding hydrogens is 308 g/mol. The summed E-state index contributed by atoms with van der Waals surface area (Å²) >= 11 is 4.38. The van der Waals surface area contributed by atoms with Crippen LogP contribution in [-0.2, 0) is 4.74 Å². The molecule has 0 amide bonds. The largest absolute Gasteiger partial charge is 0.457 e. The maximum Gasteiger partial charge on any atom is 0.345 e. The molecule has 88 valence electrons. The van der Waals surface area contributed by atoms with Gasteiger partial charge in [0.15, 0.2) is 4.96 Å². The smallest absolute Gasteiger partial charge is 0.345 e. The average Bonchev–Trinajstić information content (AvgIpc) is 2.75. The van der Waals surface area contributed by atoms with Gasteiger partial charge in [0.2, 0.25) is 0 Å². The fraction of sp³-hybridized carbons (Fsp3) is 0.100.